The minimum absolute atomic E-state index is 0.0914. The summed E-state index contributed by atoms with van der Waals surface area (Å²) in [5, 5.41) is 9.54. The molecule has 0 saturated carbocycles. The fraction of sp³-hybridized carbons (Fsp3) is 0.242. The second kappa shape index (κ2) is 12.0. The molecule has 0 radical (unpaired) electrons. The van der Waals surface area contributed by atoms with Gasteiger partial charge in [0.25, 0.3) is 11.8 Å². The van der Waals surface area contributed by atoms with Crippen molar-refractivity contribution in [1.29, 1.82) is 0 Å². The number of benzene rings is 4. The van der Waals surface area contributed by atoms with Gasteiger partial charge in [-0.15, -0.1) is 0 Å². The van der Waals surface area contributed by atoms with Gasteiger partial charge in [-0.2, -0.15) is 0 Å². The van der Waals surface area contributed by atoms with Crippen molar-refractivity contribution in [2.75, 3.05) is 0 Å². The van der Waals surface area contributed by atoms with Crippen LogP contribution in [0.5, 0.6) is 5.75 Å². The minimum Gasteiger partial charge on any atom is -0.508 e. The minimum atomic E-state index is -3.30. The van der Waals surface area contributed by atoms with Crippen molar-refractivity contribution in [1.82, 2.24) is 0 Å². The topological polar surface area (TPSA) is 32.6 Å². The Morgan fingerprint density at radius 2 is 1.35 bits per heavy atom. The lowest BCUT2D eigenvalue weighted by Gasteiger charge is -2.14. The van der Waals surface area contributed by atoms with E-state index < -0.39 is 23.2 Å². The SMILES string of the molecule is CC(F)(F)c1cccc(C=NCc2cc(CCc3ccc(O)cc3)cc(Cc3ccc(F)c(C(C)(F)F)c3)c2)c1. The fourth-order valence-corrected chi connectivity index (χ4v) is 4.53. The molecule has 0 amide bonds. The molecule has 0 aromatic heterocycles. The molecule has 0 aliphatic rings. The Labute approximate surface area is 230 Å². The molecule has 0 saturated heterocycles. The summed E-state index contributed by atoms with van der Waals surface area (Å²) >= 11 is 0. The number of aryl methyl sites for hydroxylation is 2. The van der Waals surface area contributed by atoms with Crippen molar-refractivity contribution in [2.24, 2.45) is 4.99 Å². The Balaban J connectivity index is 1.59. The first-order chi connectivity index (χ1) is 18.9. The van der Waals surface area contributed by atoms with E-state index in [0.717, 1.165) is 35.2 Å². The zero-order chi connectivity index (χ0) is 28.9. The van der Waals surface area contributed by atoms with Gasteiger partial charge in [0.1, 0.15) is 11.6 Å². The number of phenols is 1. The molecular formula is C33H30F5NO. The van der Waals surface area contributed by atoms with Crippen LogP contribution in [0, 0.1) is 5.82 Å². The van der Waals surface area contributed by atoms with Crippen LogP contribution in [0.25, 0.3) is 0 Å². The highest BCUT2D eigenvalue weighted by atomic mass is 19.3. The van der Waals surface area contributed by atoms with Gasteiger partial charge in [0.2, 0.25) is 0 Å². The highest BCUT2D eigenvalue weighted by molar-refractivity contribution is 5.79. The van der Waals surface area contributed by atoms with E-state index in [0.29, 0.717) is 37.3 Å². The van der Waals surface area contributed by atoms with Crippen LogP contribution in [0.1, 0.15) is 58.4 Å². The van der Waals surface area contributed by atoms with Crippen molar-refractivity contribution >= 4 is 6.21 Å². The van der Waals surface area contributed by atoms with Gasteiger partial charge < -0.3 is 5.11 Å². The maximum atomic E-state index is 14.0. The van der Waals surface area contributed by atoms with Crippen molar-refractivity contribution in [3.63, 3.8) is 0 Å². The van der Waals surface area contributed by atoms with E-state index in [-0.39, 0.29) is 17.9 Å². The van der Waals surface area contributed by atoms with Gasteiger partial charge in [-0.25, -0.2) is 22.0 Å². The molecule has 40 heavy (non-hydrogen) atoms. The van der Waals surface area contributed by atoms with Crippen LogP contribution in [0.15, 0.2) is 89.9 Å². The van der Waals surface area contributed by atoms with Gasteiger partial charge in [0.05, 0.1) is 12.1 Å². The molecule has 0 heterocycles. The van der Waals surface area contributed by atoms with Crippen LogP contribution in [-0.4, -0.2) is 11.3 Å². The Hall–Kier alpha value is -4.00. The predicted molar refractivity (Wildman–Crippen MR) is 148 cm³/mol. The smallest absolute Gasteiger partial charge is 0.273 e. The number of nitrogens with zero attached hydrogens (tertiary/aromatic N) is 1. The van der Waals surface area contributed by atoms with Gasteiger partial charge in [-0.05, 0) is 83.0 Å². The molecule has 0 unspecified atom stereocenters. The van der Waals surface area contributed by atoms with Gasteiger partial charge in [-0.1, -0.05) is 54.6 Å². The van der Waals surface area contributed by atoms with Crippen molar-refractivity contribution in [2.45, 2.75) is 51.5 Å². The highest BCUT2D eigenvalue weighted by Gasteiger charge is 2.28. The predicted octanol–water partition coefficient (Wildman–Crippen LogP) is 8.75. The van der Waals surface area contributed by atoms with E-state index in [4.69, 9.17) is 0 Å². The molecule has 4 aromatic rings. The molecule has 4 aromatic carbocycles. The standard InChI is InChI=1S/C33H30F5NO/c1-32(35,36)28-5-3-4-25(18-28)20-39-21-27-16-23(7-6-22-8-11-29(40)12-9-22)14-26(17-27)15-24-10-13-31(34)30(19-24)33(2,37)38/h3-5,8-14,16-20,40H,6-7,15,21H2,1-2H3. The van der Waals surface area contributed by atoms with Crippen LogP contribution < -0.4 is 0 Å². The monoisotopic (exact) mass is 551 g/mol. The summed E-state index contributed by atoms with van der Waals surface area (Å²) in [6, 6.07) is 22.7. The third-order valence-corrected chi connectivity index (χ3v) is 6.57. The molecule has 0 aliphatic heterocycles. The van der Waals surface area contributed by atoms with Crippen LogP contribution in [0.4, 0.5) is 22.0 Å². The molecule has 0 fully saturated rings. The third-order valence-electron chi connectivity index (χ3n) is 6.57. The van der Waals surface area contributed by atoms with E-state index in [1.54, 1.807) is 30.5 Å². The van der Waals surface area contributed by atoms with Gasteiger partial charge in [-0.3, -0.25) is 4.99 Å². The zero-order valence-electron chi connectivity index (χ0n) is 22.3. The Bertz CT molecular complexity index is 1480. The first kappa shape index (κ1) is 29.0. The summed E-state index contributed by atoms with van der Waals surface area (Å²) in [5.74, 6) is -7.01. The third kappa shape index (κ3) is 8.01. The number of alkyl halides is 4. The lowest BCUT2D eigenvalue weighted by atomic mass is 9.95. The number of aromatic hydroxyl groups is 1. The molecule has 208 valence electrons. The summed E-state index contributed by atoms with van der Waals surface area (Å²) < 4.78 is 69.2. The molecule has 0 bridgehead atoms. The van der Waals surface area contributed by atoms with Gasteiger partial charge >= 0.3 is 0 Å². The van der Waals surface area contributed by atoms with E-state index in [9.17, 15) is 27.1 Å². The Morgan fingerprint density at radius 1 is 0.700 bits per heavy atom. The van der Waals surface area contributed by atoms with E-state index in [1.165, 1.54) is 24.3 Å². The van der Waals surface area contributed by atoms with E-state index in [2.05, 4.69) is 4.99 Å². The second-order valence-electron chi connectivity index (χ2n) is 10.2. The number of aliphatic imine (C=N–C) groups is 1. The fourth-order valence-electron chi connectivity index (χ4n) is 4.53. The Kier molecular flexibility index (Phi) is 8.72. The lowest BCUT2D eigenvalue weighted by molar-refractivity contribution is 0.0135. The molecule has 0 spiro atoms. The van der Waals surface area contributed by atoms with Crippen LogP contribution >= 0.6 is 0 Å². The summed E-state index contributed by atoms with van der Waals surface area (Å²) in [6.45, 7) is 1.81. The normalized spacial score (nSPS) is 12.3. The Morgan fingerprint density at radius 3 is 2.05 bits per heavy atom. The van der Waals surface area contributed by atoms with Crippen LogP contribution in [0.3, 0.4) is 0 Å². The number of hydrogen-bond donors (Lipinski definition) is 1. The number of halogens is 5. The maximum Gasteiger partial charge on any atom is 0.273 e. The molecular weight excluding hydrogens is 521 g/mol. The van der Waals surface area contributed by atoms with E-state index >= 15 is 0 Å². The summed E-state index contributed by atoms with van der Waals surface area (Å²) in [4.78, 5) is 4.46. The molecule has 4 rings (SSSR count). The number of hydrogen-bond acceptors (Lipinski definition) is 2. The quantitative estimate of drug-likeness (QED) is 0.155. The summed E-state index contributed by atoms with van der Waals surface area (Å²) in [6.07, 6.45) is 3.27. The van der Waals surface area contributed by atoms with Crippen molar-refractivity contribution in [3.05, 3.63) is 135 Å². The molecule has 2 nitrogen and oxygen atoms in total. The maximum absolute atomic E-state index is 14.0. The van der Waals surface area contributed by atoms with Crippen molar-refractivity contribution in [3.8, 4) is 5.75 Å². The van der Waals surface area contributed by atoms with Crippen LogP contribution in [-0.2, 0) is 37.7 Å². The van der Waals surface area contributed by atoms with Crippen LogP contribution in [0.2, 0.25) is 0 Å². The average Bonchev–Trinajstić information content (AvgIpc) is 2.88. The first-order valence-corrected chi connectivity index (χ1v) is 12.9. The molecule has 0 atom stereocenters. The van der Waals surface area contributed by atoms with Gasteiger partial charge in [0.15, 0.2) is 0 Å². The summed E-state index contributed by atoms with van der Waals surface area (Å²) in [5.41, 5.74) is 4.16. The van der Waals surface area contributed by atoms with E-state index in [1.807, 2.05) is 30.3 Å². The molecule has 7 heteroatoms. The van der Waals surface area contributed by atoms with Gasteiger partial charge in [0, 0.05) is 25.6 Å². The van der Waals surface area contributed by atoms with Crippen molar-refractivity contribution < 1.29 is 27.1 Å². The molecule has 1 N–H and O–H groups in total. The number of rotatable bonds is 10. The lowest BCUT2D eigenvalue weighted by Crippen LogP contribution is -2.10. The highest BCUT2D eigenvalue weighted by Crippen LogP contribution is 2.31. The summed E-state index contributed by atoms with van der Waals surface area (Å²) in [7, 11) is 0. The zero-order valence-corrected chi connectivity index (χ0v) is 22.3. The number of phenolic OH excluding ortho intramolecular Hbond substituents is 1. The first-order valence-electron chi connectivity index (χ1n) is 12.9. The molecule has 0 aliphatic carbocycles. The average molecular weight is 552 g/mol. The largest absolute Gasteiger partial charge is 0.508 e. The second-order valence-corrected chi connectivity index (χ2v) is 10.2.